The van der Waals surface area contributed by atoms with E-state index < -0.39 is 0 Å². The standard InChI is InChI=1S/C20H24N4O4S/c1-13(2)11-24-19(16-6-5-9-28-16)22-23-20(24)29-12-18(25)21-15-8-7-14(26-3)10-17(15)27-4/h5-10,13H,11-12H2,1-4H3,(H,21,25). The quantitative estimate of drug-likeness (QED) is 0.528. The third-order valence-corrected chi connectivity index (χ3v) is 4.99. The summed E-state index contributed by atoms with van der Waals surface area (Å²) < 4.78 is 17.9. The second kappa shape index (κ2) is 9.51. The van der Waals surface area contributed by atoms with Crippen LogP contribution in [0.4, 0.5) is 5.69 Å². The number of nitrogens with one attached hydrogen (secondary N) is 1. The molecule has 0 spiro atoms. The van der Waals surface area contributed by atoms with Crippen LogP contribution in [0.2, 0.25) is 0 Å². The molecule has 2 heterocycles. The molecule has 1 N–H and O–H groups in total. The van der Waals surface area contributed by atoms with Crippen molar-refractivity contribution in [2.24, 2.45) is 5.92 Å². The molecule has 29 heavy (non-hydrogen) atoms. The number of nitrogens with zero attached hydrogens (tertiary/aromatic N) is 3. The summed E-state index contributed by atoms with van der Waals surface area (Å²) in [4.78, 5) is 12.5. The molecule has 154 valence electrons. The van der Waals surface area contributed by atoms with E-state index in [9.17, 15) is 4.79 Å². The maximum Gasteiger partial charge on any atom is 0.234 e. The fourth-order valence-corrected chi connectivity index (χ4v) is 3.48. The number of furan rings is 1. The van der Waals surface area contributed by atoms with Gasteiger partial charge in [-0.15, -0.1) is 10.2 Å². The third-order valence-electron chi connectivity index (χ3n) is 4.02. The zero-order valence-electron chi connectivity index (χ0n) is 16.8. The lowest BCUT2D eigenvalue weighted by molar-refractivity contribution is -0.113. The van der Waals surface area contributed by atoms with Gasteiger partial charge in [0.25, 0.3) is 0 Å². The molecule has 2 aromatic heterocycles. The average Bonchev–Trinajstić information content (AvgIpc) is 3.36. The number of carbonyl (C=O) groups excluding carboxylic acids is 1. The first-order chi connectivity index (χ1) is 14.0. The van der Waals surface area contributed by atoms with Crippen LogP contribution in [-0.4, -0.2) is 40.6 Å². The van der Waals surface area contributed by atoms with Gasteiger partial charge >= 0.3 is 0 Å². The molecule has 0 saturated heterocycles. The molecule has 0 unspecified atom stereocenters. The van der Waals surface area contributed by atoms with Gasteiger partial charge in [-0.2, -0.15) is 0 Å². The van der Waals surface area contributed by atoms with E-state index in [0.717, 1.165) is 6.54 Å². The molecule has 3 rings (SSSR count). The first-order valence-corrected chi connectivity index (χ1v) is 10.1. The smallest absolute Gasteiger partial charge is 0.234 e. The zero-order chi connectivity index (χ0) is 20.8. The summed E-state index contributed by atoms with van der Waals surface area (Å²) in [5.74, 6) is 2.89. The van der Waals surface area contributed by atoms with Gasteiger partial charge in [0.2, 0.25) is 5.91 Å². The Morgan fingerprint density at radius 3 is 2.72 bits per heavy atom. The Kier molecular flexibility index (Phi) is 6.82. The van der Waals surface area contributed by atoms with Gasteiger partial charge in [0.1, 0.15) is 11.5 Å². The fraction of sp³-hybridized carbons (Fsp3) is 0.350. The maximum atomic E-state index is 12.5. The van der Waals surface area contributed by atoms with Crippen LogP contribution in [0.5, 0.6) is 11.5 Å². The number of ether oxygens (including phenoxy) is 2. The van der Waals surface area contributed by atoms with E-state index in [1.54, 1.807) is 38.7 Å². The highest BCUT2D eigenvalue weighted by Gasteiger charge is 2.18. The lowest BCUT2D eigenvalue weighted by atomic mass is 10.2. The Hall–Kier alpha value is -2.94. The van der Waals surface area contributed by atoms with Gasteiger partial charge in [0, 0.05) is 12.6 Å². The fourth-order valence-electron chi connectivity index (χ4n) is 2.73. The largest absolute Gasteiger partial charge is 0.497 e. The Bertz CT molecular complexity index is 954. The van der Waals surface area contributed by atoms with Gasteiger partial charge in [-0.1, -0.05) is 25.6 Å². The molecule has 0 bridgehead atoms. The number of thioether (sulfide) groups is 1. The minimum Gasteiger partial charge on any atom is -0.497 e. The summed E-state index contributed by atoms with van der Waals surface area (Å²) in [7, 11) is 3.12. The summed E-state index contributed by atoms with van der Waals surface area (Å²) in [5, 5.41) is 12.0. The number of methoxy groups -OCH3 is 2. The summed E-state index contributed by atoms with van der Waals surface area (Å²) in [6.45, 7) is 4.95. The van der Waals surface area contributed by atoms with Crippen LogP contribution in [0.1, 0.15) is 13.8 Å². The van der Waals surface area contributed by atoms with E-state index in [-0.39, 0.29) is 11.7 Å². The molecular weight excluding hydrogens is 392 g/mol. The normalized spacial score (nSPS) is 10.9. The van der Waals surface area contributed by atoms with Crippen molar-refractivity contribution in [3.63, 3.8) is 0 Å². The highest BCUT2D eigenvalue weighted by Crippen LogP contribution is 2.30. The summed E-state index contributed by atoms with van der Waals surface area (Å²) in [5.41, 5.74) is 0.582. The number of anilines is 1. The van der Waals surface area contributed by atoms with Crippen molar-refractivity contribution in [2.45, 2.75) is 25.5 Å². The minimum atomic E-state index is -0.169. The van der Waals surface area contributed by atoms with E-state index in [1.807, 2.05) is 16.7 Å². The van der Waals surface area contributed by atoms with Gasteiger partial charge < -0.3 is 19.2 Å². The first-order valence-electron chi connectivity index (χ1n) is 9.13. The number of hydrogen-bond acceptors (Lipinski definition) is 7. The van der Waals surface area contributed by atoms with Gasteiger partial charge in [-0.05, 0) is 30.2 Å². The molecule has 0 fully saturated rings. The SMILES string of the molecule is COc1ccc(NC(=O)CSc2nnc(-c3ccco3)n2CC(C)C)c(OC)c1. The van der Waals surface area contributed by atoms with Crippen molar-refractivity contribution in [1.29, 1.82) is 0 Å². The van der Waals surface area contributed by atoms with Crippen LogP contribution in [0, 0.1) is 5.92 Å². The monoisotopic (exact) mass is 416 g/mol. The van der Waals surface area contributed by atoms with E-state index in [4.69, 9.17) is 13.9 Å². The molecule has 8 nitrogen and oxygen atoms in total. The van der Waals surface area contributed by atoms with Crippen LogP contribution in [0.15, 0.2) is 46.2 Å². The zero-order valence-corrected chi connectivity index (χ0v) is 17.7. The van der Waals surface area contributed by atoms with Crippen LogP contribution >= 0.6 is 11.8 Å². The second-order valence-corrected chi connectivity index (χ2v) is 7.63. The lowest BCUT2D eigenvalue weighted by Gasteiger charge is -2.13. The van der Waals surface area contributed by atoms with Crippen LogP contribution in [-0.2, 0) is 11.3 Å². The Morgan fingerprint density at radius 2 is 2.07 bits per heavy atom. The molecule has 0 radical (unpaired) electrons. The van der Waals surface area contributed by atoms with Crippen molar-refractivity contribution < 1.29 is 18.7 Å². The molecule has 3 aromatic rings. The first kappa shape index (κ1) is 20.8. The lowest BCUT2D eigenvalue weighted by Crippen LogP contribution is -2.15. The van der Waals surface area contributed by atoms with Gasteiger partial charge in [0.15, 0.2) is 16.7 Å². The molecule has 0 aliphatic rings. The highest BCUT2D eigenvalue weighted by molar-refractivity contribution is 7.99. The molecule has 0 aliphatic carbocycles. The van der Waals surface area contributed by atoms with Crippen molar-refractivity contribution in [2.75, 3.05) is 25.3 Å². The molecule has 1 aromatic carbocycles. The number of amides is 1. The molecular formula is C20H24N4O4S. The average molecular weight is 417 g/mol. The minimum absolute atomic E-state index is 0.169. The van der Waals surface area contributed by atoms with Crippen LogP contribution in [0.25, 0.3) is 11.6 Å². The van der Waals surface area contributed by atoms with Crippen molar-refractivity contribution in [3.05, 3.63) is 36.6 Å². The van der Waals surface area contributed by atoms with Gasteiger partial charge in [0.05, 0.1) is 31.9 Å². The van der Waals surface area contributed by atoms with Gasteiger partial charge in [-0.25, -0.2) is 0 Å². The maximum absolute atomic E-state index is 12.5. The number of benzene rings is 1. The van der Waals surface area contributed by atoms with Gasteiger partial charge in [-0.3, -0.25) is 9.36 Å². The number of carbonyl (C=O) groups is 1. The summed E-state index contributed by atoms with van der Waals surface area (Å²) in [6.07, 6.45) is 1.60. The van der Waals surface area contributed by atoms with Crippen LogP contribution < -0.4 is 14.8 Å². The highest BCUT2D eigenvalue weighted by atomic mass is 32.2. The van der Waals surface area contributed by atoms with Crippen LogP contribution in [0.3, 0.4) is 0 Å². The Morgan fingerprint density at radius 1 is 1.24 bits per heavy atom. The predicted octanol–water partition coefficient (Wildman–Crippen LogP) is 3.94. The molecule has 0 aliphatic heterocycles. The topological polar surface area (TPSA) is 91.4 Å². The number of rotatable bonds is 9. The third kappa shape index (κ3) is 5.11. The number of aromatic nitrogens is 3. The molecule has 0 atom stereocenters. The summed E-state index contributed by atoms with van der Waals surface area (Å²) >= 11 is 1.33. The van der Waals surface area contributed by atoms with Crippen molar-refractivity contribution >= 4 is 23.4 Å². The summed E-state index contributed by atoms with van der Waals surface area (Å²) in [6, 6.07) is 8.89. The van der Waals surface area contributed by atoms with Crippen molar-refractivity contribution in [1.82, 2.24) is 14.8 Å². The molecule has 1 amide bonds. The Balaban J connectivity index is 1.70. The molecule has 9 heteroatoms. The van der Waals surface area contributed by atoms with E-state index >= 15 is 0 Å². The van der Waals surface area contributed by atoms with Crippen molar-refractivity contribution in [3.8, 4) is 23.1 Å². The predicted molar refractivity (Wildman–Crippen MR) is 111 cm³/mol. The van der Waals surface area contributed by atoms with E-state index in [2.05, 4.69) is 29.4 Å². The Labute approximate surface area is 173 Å². The number of hydrogen-bond donors (Lipinski definition) is 1. The molecule has 0 saturated carbocycles. The second-order valence-electron chi connectivity index (χ2n) is 6.69. The van der Waals surface area contributed by atoms with E-state index in [0.29, 0.717) is 39.8 Å². The van der Waals surface area contributed by atoms with E-state index in [1.165, 1.54) is 11.8 Å².